The molecule has 4 aromatic carbocycles. The summed E-state index contributed by atoms with van der Waals surface area (Å²) < 4.78 is 18.0. The molecule has 5 aromatic rings. The van der Waals surface area contributed by atoms with Crippen molar-refractivity contribution in [3.63, 3.8) is 0 Å². The van der Waals surface area contributed by atoms with Crippen LogP contribution >= 0.6 is 0 Å². The lowest BCUT2D eigenvalue weighted by Crippen LogP contribution is -2.40. The fraction of sp³-hybridized carbons (Fsp3) is 0.206. The highest BCUT2D eigenvalue weighted by atomic mass is 16.7. The first kappa shape index (κ1) is 27.2. The highest BCUT2D eigenvalue weighted by Gasteiger charge is 2.27. The third-order valence-electron chi connectivity index (χ3n) is 7.53. The monoisotopic (exact) mass is 561 g/mol. The van der Waals surface area contributed by atoms with E-state index in [0.29, 0.717) is 47.1 Å². The molecule has 1 aliphatic rings. The Morgan fingerprint density at radius 2 is 1.64 bits per heavy atom. The normalized spacial score (nSPS) is 12.8. The van der Waals surface area contributed by atoms with E-state index in [1.54, 1.807) is 40.8 Å². The van der Waals surface area contributed by atoms with Crippen molar-refractivity contribution in [1.29, 1.82) is 0 Å². The maximum atomic E-state index is 13.9. The van der Waals surface area contributed by atoms with Gasteiger partial charge in [0.1, 0.15) is 5.82 Å². The molecule has 1 atom stereocenters. The number of ether oxygens (including phenoxy) is 3. The SMILES string of the molecule is COCCN(C(=O)Cc1ccc(-c2ccccc2)cc1)[C@H](C)c1nc2ccccc2c(=O)n1-c1ccc2c(c1)OCO2. The van der Waals surface area contributed by atoms with Gasteiger partial charge in [0, 0.05) is 19.7 Å². The first-order chi connectivity index (χ1) is 20.5. The number of para-hydroxylation sites is 1. The molecule has 0 aliphatic carbocycles. The van der Waals surface area contributed by atoms with Crippen molar-refractivity contribution in [2.45, 2.75) is 19.4 Å². The number of nitrogens with zero attached hydrogens (tertiary/aromatic N) is 3. The number of methoxy groups -OCH3 is 1. The minimum atomic E-state index is -0.543. The van der Waals surface area contributed by atoms with Gasteiger partial charge >= 0.3 is 0 Å². The molecule has 0 saturated carbocycles. The number of carbonyl (C=O) groups excluding carboxylic acids is 1. The molecule has 8 nitrogen and oxygen atoms in total. The zero-order valence-corrected chi connectivity index (χ0v) is 23.5. The van der Waals surface area contributed by atoms with Crippen molar-refractivity contribution in [3.05, 3.63) is 119 Å². The van der Waals surface area contributed by atoms with Crippen LogP contribution in [0.25, 0.3) is 27.7 Å². The lowest BCUT2D eigenvalue weighted by Gasteiger charge is -2.30. The molecular formula is C34H31N3O5. The van der Waals surface area contributed by atoms with Gasteiger partial charge in [-0.15, -0.1) is 0 Å². The average Bonchev–Trinajstić information content (AvgIpc) is 3.50. The van der Waals surface area contributed by atoms with Gasteiger partial charge in [0.25, 0.3) is 5.56 Å². The maximum Gasteiger partial charge on any atom is 0.266 e. The average molecular weight is 562 g/mol. The number of hydrogen-bond acceptors (Lipinski definition) is 6. The standard InChI is InChI=1S/C34H31N3O5/c1-23(36(18-19-40-2)32(38)20-24-12-14-26(15-13-24)25-8-4-3-5-9-25)33-35-29-11-7-6-10-28(29)34(39)37(33)27-16-17-30-31(21-27)42-22-41-30/h3-17,21,23H,18-20,22H2,1-2H3/t23-/m1/s1. The van der Waals surface area contributed by atoms with Crippen LogP contribution in [-0.2, 0) is 16.0 Å². The lowest BCUT2D eigenvalue weighted by atomic mass is 10.0. The lowest BCUT2D eigenvalue weighted by molar-refractivity contribution is -0.133. The molecule has 42 heavy (non-hydrogen) atoms. The number of benzene rings is 4. The smallest absolute Gasteiger partial charge is 0.266 e. The second-order valence-corrected chi connectivity index (χ2v) is 10.2. The van der Waals surface area contributed by atoms with E-state index in [1.165, 1.54) is 0 Å². The second kappa shape index (κ2) is 11.9. The predicted molar refractivity (Wildman–Crippen MR) is 161 cm³/mol. The Bertz CT molecular complexity index is 1780. The van der Waals surface area contributed by atoms with Crippen molar-refractivity contribution >= 4 is 16.8 Å². The Labute approximate surface area is 243 Å². The number of amides is 1. The van der Waals surface area contributed by atoms with Gasteiger partial charge in [-0.1, -0.05) is 66.7 Å². The molecule has 8 heteroatoms. The highest BCUT2D eigenvalue weighted by molar-refractivity contribution is 5.80. The van der Waals surface area contributed by atoms with E-state index >= 15 is 0 Å². The number of hydrogen-bond donors (Lipinski definition) is 0. The maximum absolute atomic E-state index is 13.9. The first-order valence-electron chi connectivity index (χ1n) is 13.9. The number of aromatic nitrogens is 2. The van der Waals surface area contributed by atoms with Crippen molar-refractivity contribution in [2.75, 3.05) is 27.1 Å². The fourth-order valence-electron chi connectivity index (χ4n) is 5.29. The summed E-state index contributed by atoms with van der Waals surface area (Å²) in [5.41, 5.74) is 4.03. The van der Waals surface area contributed by atoms with Crippen LogP contribution in [0, 0.1) is 0 Å². The van der Waals surface area contributed by atoms with Crippen LogP contribution in [0.3, 0.4) is 0 Å². The van der Waals surface area contributed by atoms with Crippen LogP contribution in [0.5, 0.6) is 11.5 Å². The molecule has 0 saturated heterocycles. The van der Waals surface area contributed by atoms with Crippen molar-refractivity contribution in [1.82, 2.24) is 14.5 Å². The minimum absolute atomic E-state index is 0.0911. The van der Waals surface area contributed by atoms with Crippen molar-refractivity contribution in [2.24, 2.45) is 0 Å². The van der Waals surface area contributed by atoms with Gasteiger partial charge < -0.3 is 19.1 Å². The van der Waals surface area contributed by atoms with Crippen LogP contribution in [0.1, 0.15) is 24.4 Å². The van der Waals surface area contributed by atoms with Gasteiger partial charge in [0.2, 0.25) is 12.7 Å². The molecule has 0 N–H and O–H groups in total. The topological polar surface area (TPSA) is 82.9 Å². The molecule has 2 heterocycles. The second-order valence-electron chi connectivity index (χ2n) is 10.2. The van der Waals surface area contributed by atoms with Crippen LogP contribution in [0.15, 0.2) is 102 Å². The van der Waals surface area contributed by atoms with Crippen LogP contribution in [-0.4, -0.2) is 47.4 Å². The first-order valence-corrected chi connectivity index (χ1v) is 13.9. The number of fused-ring (bicyclic) bond motifs is 2. The van der Waals surface area contributed by atoms with Gasteiger partial charge in [0.15, 0.2) is 11.5 Å². The molecule has 6 rings (SSSR count). The Balaban J connectivity index is 1.36. The molecule has 1 amide bonds. The molecule has 212 valence electrons. The summed E-state index contributed by atoms with van der Waals surface area (Å²) in [5, 5.41) is 0.486. The molecule has 0 unspecified atom stereocenters. The van der Waals surface area contributed by atoms with Gasteiger partial charge in [-0.25, -0.2) is 4.98 Å². The third kappa shape index (κ3) is 5.36. The summed E-state index contributed by atoms with van der Waals surface area (Å²) >= 11 is 0. The van der Waals surface area contributed by atoms with Gasteiger partial charge in [-0.2, -0.15) is 0 Å². The van der Waals surface area contributed by atoms with Crippen molar-refractivity contribution in [3.8, 4) is 28.3 Å². The van der Waals surface area contributed by atoms with E-state index in [2.05, 4.69) is 12.1 Å². The number of carbonyl (C=O) groups is 1. The van der Waals surface area contributed by atoms with Gasteiger partial charge in [-0.3, -0.25) is 14.2 Å². The Hall–Kier alpha value is -4.95. The van der Waals surface area contributed by atoms with Gasteiger partial charge in [0.05, 0.1) is 35.7 Å². The predicted octanol–water partition coefficient (Wildman–Crippen LogP) is 5.56. The summed E-state index contributed by atoms with van der Waals surface area (Å²) in [7, 11) is 1.60. The van der Waals surface area contributed by atoms with Crippen molar-refractivity contribution < 1.29 is 19.0 Å². The molecular weight excluding hydrogens is 530 g/mol. The van der Waals surface area contributed by atoms with E-state index in [9.17, 15) is 9.59 Å². The minimum Gasteiger partial charge on any atom is -0.454 e. The summed E-state index contributed by atoms with van der Waals surface area (Å²) in [4.78, 5) is 34.4. The third-order valence-corrected chi connectivity index (χ3v) is 7.53. The molecule has 1 aromatic heterocycles. The van der Waals surface area contributed by atoms with E-state index < -0.39 is 6.04 Å². The Kier molecular flexibility index (Phi) is 7.70. The molecule has 0 spiro atoms. The number of rotatable bonds is 9. The molecule has 0 radical (unpaired) electrons. The van der Waals surface area contributed by atoms with E-state index in [-0.39, 0.29) is 24.7 Å². The summed E-state index contributed by atoms with van der Waals surface area (Å²) in [5.74, 6) is 1.52. The zero-order valence-electron chi connectivity index (χ0n) is 23.5. The summed E-state index contributed by atoms with van der Waals surface area (Å²) in [6.07, 6.45) is 0.199. The Morgan fingerprint density at radius 3 is 2.43 bits per heavy atom. The van der Waals surface area contributed by atoms with Crippen LogP contribution in [0.2, 0.25) is 0 Å². The summed E-state index contributed by atoms with van der Waals surface area (Å²) in [6, 6.07) is 30.2. The fourth-order valence-corrected chi connectivity index (χ4v) is 5.29. The van der Waals surface area contributed by atoms with Crippen LogP contribution < -0.4 is 15.0 Å². The summed E-state index contributed by atoms with van der Waals surface area (Å²) in [6.45, 7) is 2.69. The van der Waals surface area contributed by atoms with Gasteiger partial charge in [-0.05, 0) is 47.9 Å². The van der Waals surface area contributed by atoms with E-state index in [4.69, 9.17) is 19.2 Å². The molecule has 1 aliphatic heterocycles. The van der Waals surface area contributed by atoms with Crippen LogP contribution in [0.4, 0.5) is 0 Å². The molecule has 0 bridgehead atoms. The zero-order chi connectivity index (χ0) is 29.1. The largest absolute Gasteiger partial charge is 0.454 e. The van der Waals surface area contributed by atoms with E-state index in [1.807, 2.05) is 67.6 Å². The van der Waals surface area contributed by atoms with E-state index in [0.717, 1.165) is 16.7 Å². The quantitative estimate of drug-likeness (QED) is 0.234. The Morgan fingerprint density at radius 1 is 0.929 bits per heavy atom. The molecule has 0 fully saturated rings. The highest BCUT2D eigenvalue weighted by Crippen LogP contribution is 2.34.